The van der Waals surface area contributed by atoms with E-state index in [0.29, 0.717) is 23.8 Å². The molecule has 3 aliphatic rings. The highest BCUT2D eigenvalue weighted by Crippen LogP contribution is 2.44. The van der Waals surface area contributed by atoms with Gasteiger partial charge < -0.3 is 10.2 Å². The summed E-state index contributed by atoms with van der Waals surface area (Å²) in [6, 6.07) is 3.98. The van der Waals surface area contributed by atoms with Crippen LogP contribution in [0, 0.1) is 0 Å². The summed E-state index contributed by atoms with van der Waals surface area (Å²) in [6.45, 7) is 1.84. The van der Waals surface area contributed by atoms with Gasteiger partial charge >= 0.3 is 0 Å². The normalized spacial score (nSPS) is 22.3. The average Bonchev–Trinajstić information content (AvgIpc) is 3.21. The fourth-order valence-electron chi connectivity index (χ4n) is 4.44. The van der Waals surface area contributed by atoms with Crippen LogP contribution in [0.15, 0.2) is 33.6 Å². The third kappa shape index (κ3) is 2.81. The molecule has 2 aliphatic heterocycles. The van der Waals surface area contributed by atoms with Crippen LogP contribution < -0.4 is 15.8 Å². The summed E-state index contributed by atoms with van der Waals surface area (Å²) in [4.78, 5) is 36.8. The summed E-state index contributed by atoms with van der Waals surface area (Å²) >= 11 is 1.59. The first kappa shape index (κ1) is 16.7. The molecule has 1 atom stereocenters. The van der Waals surface area contributed by atoms with Gasteiger partial charge in [-0.2, -0.15) is 4.98 Å². The first-order valence-corrected chi connectivity index (χ1v) is 10.6. The van der Waals surface area contributed by atoms with Crippen LogP contribution in [0.2, 0.25) is 0 Å². The second-order valence-corrected chi connectivity index (χ2v) is 8.42. The Balaban J connectivity index is 1.66. The molecule has 0 bridgehead atoms. The molecule has 2 N–H and O–H groups in total. The third-order valence-corrected chi connectivity index (χ3v) is 6.67. The lowest BCUT2D eigenvalue weighted by Crippen LogP contribution is -2.36. The van der Waals surface area contributed by atoms with Crippen molar-refractivity contribution in [2.45, 2.75) is 44.4 Å². The van der Waals surface area contributed by atoms with Crippen molar-refractivity contribution >= 4 is 28.9 Å². The number of carbonyl (C=O) groups is 1. The number of nitrogens with one attached hydrogen (secondary N) is 2. The molecule has 140 valence electrons. The van der Waals surface area contributed by atoms with Crippen molar-refractivity contribution in [2.75, 3.05) is 23.3 Å². The molecule has 7 heteroatoms. The number of nitrogens with zero attached hydrogens (tertiary/aromatic N) is 2. The predicted molar refractivity (Wildman–Crippen MR) is 107 cm³/mol. The quantitative estimate of drug-likeness (QED) is 0.832. The van der Waals surface area contributed by atoms with Crippen molar-refractivity contribution in [3.8, 4) is 0 Å². The van der Waals surface area contributed by atoms with Gasteiger partial charge in [0.15, 0.2) is 5.78 Å². The van der Waals surface area contributed by atoms with Gasteiger partial charge in [-0.1, -0.05) is 6.07 Å². The Bertz CT molecular complexity index is 970. The minimum atomic E-state index is -0.310. The fourth-order valence-corrected chi connectivity index (χ4v) is 5.29. The van der Waals surface area contributed by atoms with Crippen LogP contribution in [-0.4, -0.2) is 28.8 Å². The number of anilines is 2. The first-order chi connectivity index (χ1) is 13.2. The molecular weight excluding hydrogens is 360 g/mol. The number of carbonyl (C=O) groups excluding carboxylic acids is 1. The third-order valence-electron chi connectivity index (χ3n) is 5.73. The van der Waals surface area contributed by atoms with Gasteiger partial charge in [0.25, 0.3) is 5.56 Å². The molecule has 1 fully saturated rings. The van der Waals surface area contributed by atoms with E-state index in [1.165, 1.54) is 6.42 Å². The maximum Gasteiger partial charge on any atom is 0.258 e. The van der Waals surface area contributed by atoms with E-state index in [1.54, 1.807) is 11.3 Å². The second-order valence-electron chi connectivity index (χ2n) is 7.44. The molecule has 1 unspecified atom stereocenters. The number of piperidine rings is 1. The molecule has 6 nitrogen and oxygen atoms in total. The smallest absolute Gasteiger partial charge is 0.258 e. The molecule has 1 saturated heterocycles. The van der Waals surface area contributed by atoms with E-state index in [0.717, 1.165) is 54.9 Å². The van der Waals surface area contributed by atoms with Crippen molar-refractivity contribution in [1.29, 1.82) is 0 Å². The van der Waals surface area contributed by atoms with E-state index in [4.69, 9.17) is 4.98 Å². The number of aromatic amines is 1. The zero-order valence-electron chi connectivity index (χ0n) is 15.1. The average molecular weight is 382 g/mol. The second kappa shape index (κ2) is 6.64. The lowest BCUT2D eigenvalue weighted by atomic mass is 9.79. The number of H-pyrrole nitrogens is 1. The van der Waals surface area contributed by atoms with E-state index in [2.05, 4.69) is 15.2 Å². The van der Waals surface area contributed by atoms with Crippen LogP contribution in [0.3, 0.4) is 0 Å². The van der Waals surface area contributed by atoms with Crippen molar-refractivity contribution in [2.24, 2.45) is 0 Å². The largest absolute Gasteiger partial charge is 0.343 e. The number of aromatic nitrogens is 2. The van der Waals surface area contributed by atoms with Gasteiger partial charge in [-0.05, 0) is 43.6 Å². The summed E-state index contributed by atoms with van der Waals surface area (Å²) in [5, 5.41) is 5.34. The number of allylic oxidation sites excluding steroid dienone is 2. The molecule has 2 aromatic heterocycles. The van der Waals surface area contributed by atoms with Crippen LogP contribution in [-0.2, 0) is 4.79 Å². The summed E-state index contributed by atoms with van der Waals surface area (Å²) in [5.41, 5.74) is 2.14. The Morgan fingerprint density at radius 3 is 2.74 bits per heavy atom. The van der Waals surface area contributed by atoms with Crippen LogP contribution >= 0.6 is 11.3 Å². The Labute approximate surface area is 161 Å². The summed E-state index contributed by atoms with van der Waals surface area (Å²) < 4.78 is 0. The van der Waals surface area contributed by atoms with Gasteiger partial charge in [-0.3, -0.25) is 14.6 Å². The van der Waals surface area contributed by atoms with Gasteiger partial charge in [0.1, 0.15) is 5.82 Å². The SMILES string of the molecule is O=C1CCCC2=C1C(c1cccs1)c1c(nc(N3CCCCC3)[nH]c1=O)N2. The van der Waals surface area contributed by atoms with Gasteiger partial charge in [-0.15, -0.1) is 11.3 Å². The molecule has 5 rings (SSSR count). The van der Waals surface area contributed by atoms with Crippen molar-refractivity contribution in [1.82, 2.24) is 9.97 Å². The maximum atomic E-state index is 13.1. The molecule has 27 heavy (non-hydrogen) atoms. The van der Waals surface area contributed by atoms with Crippen molar-refractivity contribution in [3.63, 3.8) is 0 Å². The Morgan fingerprint density at radius 1 is 1.11 bits per heavy atom. The molecule has 0 saturated carbocycles. The number of hydrogen-bond acceptors (Lipinski definition) is 6. The monoisotopic (exact) mass is 382 g/mol. The van der Waals surface area contributed by atoms with Gasteiger partial charge in [-0.25, -0.2) is 0 Å². The number of rotatable bonds is 2. The summed E-state index contributed by atoms with van der Waals surface area (Å²) in [7, 11) is 0. The van der Waals surface area contributed by atoms with Gasteiger partial charge in [0.2, 0.25) is 5.95 Å². The number of hydrogen-bond donors (Lipinski definition) is 2. The van der Waals surface area contributed by atoms with Crippen LogP contribution in [0.25, 0.3) is 0 Å². The topological polar surface area (TPSA) is 78.1 Å². The zero-order valence-corrected chi connectivity index (χ0v) is 15.9. The zero-order chi connectivity index (χ0) is 18.4. The highest BCUT2D eigenvalue weighted by molar-refractivity contribution is 7.10. The maximum absolute atomic E-state index is 13.1. The molecule has 2 aromatic rings. The lowest BCUT2D eigenvalue weighted by molar-refractivity contribution is -0.116. The Morgan fingerprint density at radius 2 is 1.96 bits per heavy atom. The van der Waals surface area contributed by atoms with E-state index in [1.807, 2.05) is 17.5 Å². The van der Waals surface area contributed by atoms with Crippen LogP contribution in [0.4, 0.5) is 11.8 Å². The molecule has 0 amide bonds. The lowest BCUT2D eigenvalue weighted by Gasteiger charge is -2.33. The minimum absolute atomic E-state index is 0.142. The molecule has 0 spiro atoms. The highest BCUT2D eigenvalue weighted by atomic mass is 32.1. The van der Waals surface area contributed by atoms with Crippen LogP contribution in [0.5, 0.6) is 0 Å². The van der Waals surface area contributed by atoms with Crippen molar-refractivity contribution < 1.29 is 4.79 Å². The Kier molecular flexibility index (Phi) is 4.11. The molecular formula is C20H22N4O2S. The van der Waals surface area contributed by atoms with Gasteiger partial charge in [0.05, 0.1) is 11.5 Å². The van der Waals surface area contributed by atoms with E-state index in [9.17, 15) is 9.59 Å². The minimum Gasteiger partial charge on any atom is -0.343 e. The first-order valence-electron chi connectivity index (χ1n) is 9.68. The number of ketones is 1. The number of fused-ring (bicyclic) bond motifs is 1. The molecule has 1 aliphatic carbocycles. The molecule has 0 radical (unpaired) electrons. The summed E-state index contributed by atoms with van der Waals surface area (Å²) in [5.74, 6) is 1.09. The van der Waals surface area contributed by atoms with E-state index < -0.39 is 0 Å². The standard InChI is InChI=1S/C20H22N4O2S/c25-13-7-4-6-12-15(13)16(14-8-5-11-27-14)17-18(21-12)22-20(23-19(17)26)24-9-2-1-3-10-24/h5,8,11,16H,1-4,6-7,9-10H2,(H2,21,22,23,26). The van der Waals surface area contributed by atoms with E-state index in [-0.39, 0.29) is 17.3 Å². The van der Waals surface area contributed by atoms with Crippen LogP contribution in [0.1, 0.15) is 54.9 Å². The number of Topliss-reactive ketones (excluding diaryl/α,β-unsaturated/α-hetero) is 1. The number of thiophene rings is 1. The molecule has 0 aromatic carbocycles. The highest BCUT2D eigenvalue weighted by Gasteiger charge is 2.38. The summed E-state index contributed by atoms with van der Waals surface area (Å²) in [6.07, 6.45) is 5.69. The predicted octanol–water partition coefficient (Wildman–Crippen LogP) is 3.39. The molecule has 4 heterocycles. The van der Waals surface area contributed by atoms with Gasteiger partial charge in [0, 0.05) is 35.7 Å². The van der Waals surface area contributed by atoms with E-state index >= 15 is 0 Å². The van der Waals surface area contributed by atoms with Crippen molar-refractivity contribution in [3.05, 3.63) is 49.6 Å². The Hall–Kier alpha value is -2.41. The fraction of sp³-hybridized carbons (Fsp3) is 0.450.